The second-order valence-corrected chi connectivity index (χ2v) is 9.40. The van der Waals surface area contributed by atoms with Crippen molar-refractivity contribution in [1.82, 2.24) is 5.32 Å². The van der Waals surface area contributed by atoms with E-state index in [0.29, 0.717) is 30.0 Å². The molecule has 1 heterocycles. The molecule has 0 bridgehead atoms. The van der Waals surface area contributed by atoms with E-state index in [4.69, 9.17) is 25.9 Å². The van der Waals surface area contributed by atoms with E-state index >= 15 is 0 Å². The normalized spacial score (nSPS) is 17.5. The lowest BCUT2D eigenvalue weighted by molar-refractivity contribution is 0.0528. The van der Waals surface area contributed by atoms with Crippen LogP contribution in [0, 0.1) is 0 Å². The number of guanidine groups is 2. The maximum atomic E-state index is 12.3. The molecule has 1 aliphatic heterocycles. The van der Waals surface area contributed by atoms with Gasteiger partial charge in [-0.25, -0.2) is 14.6 Å². The summed E-state index contributed by atoms with van der Waals surface area (Å²) in [7, 11) is 1.33. The quantitative estimate of drug-likeness (QED) is 0.363. The lowest BCUT2D eigenvalue weighted by Crippen LogP contribution is -2.58. The maximum absolute atomic E-state index is 12.3. The third kappa shape index (κ3) is 5.89. The second kappa shape index (κ2) is 10.2. The van der Waals surface area contributed by atoms with E-state index in [1.807, 2.05) is 4.90 Å². The molecule has 1 aromatic carbocycles. The molecular weight excluding hydrogens is 438 g/mol. The Labute approximate surface area is 200 Å². The first-order valence-electron chi connectivity index (χ1n) is 11.5. The molecule has 1 spiro atoms. The Bertz CT molecular complexity index is 978. The van der Waals surface area contributed by atoms with Crippen LogP contribution in [0.1, 0.15) is 63.2 Å². The highest BCUT2D eigenvalue weighted by atomic mass is 16.6. The van der Waals surface area contributed by atoms with Crippen LogP contribution in [-0.4, -0.2) is 55.4 Å². The minimum Gasteiger partial charge on any atom is -0.465 e. The molecule has 1 fully saturated rings. The summed E-state index contributed by atoms with van der Waals surface area (Å²) in [5, 5.41) is 6.03. The van der Waals surface area contributed by atoms with Gasteiger partial charge in [0.1, 0.15) is 11.3 Å². The van der Waals surface area contributed by atoms with Crippen LogP contribution in [-0.2, 0) is 9.47 Å². The molecule has 2 aliphatic rings. The summed E-state index contributed by atoms with van der Waals surface area (Å²) in [6, 6.07) is 5.16. The Morgan fingerprint density at radius 1 is 1.15 bits per heavy atom. The molecule has 11 heteroatoms. The maximum Gasteiger partial charge on any atom is 0.407 e. The van der Waals surface area contributed by atoms with E-state index in [-0.39, 0.29) is 11.9 Å². The van der Waals surface area contributed by atoms with Gasteiger partial charge in [-0.1, -0.05) is 6.42 Å². The fourth-order valence-electron chi connectivity index (χ4n) is 4.26. The number of rotatable bonds is 6. The number of aliphatic imine (C=N–C) groups is 2. The highest BCUT2D eigenvalue weighted by molar-refractivity contribution is 6.08. The van der Waals surface area contributed by atoms with Gasteiger partial charge in [0, 0.05) is 13.1 Å². The molecule has 0 unspecified atom stereocenters. The summed E-state index contributed by atoms with van der Waals surface area (Å²) in [5.41, 5.74) is 12.8. The fraction of sp³-hybridized carbons (Fsp3) is 0.565. The first-order chi connectivity index (χ1) is 16.0. The molecule has 186 valence electrons. The molecular formula is C23H35N7O4. The molecule has 1 aliphatic carbocycles. The van der Waals surface area contributed by atoms with Gasteiger partial charge in [-0.05, 0) is 64.7 Å². The zero-order valence-corrected chi connectivity index (χ0v) is 20.3. The molecule has 6 N–H and O–H groups in total. The van der Waals surface area contributed by atoms with Crippen LogP contribution in [0.25, 0.3) is 0 Å². The SMILES string of the molecule is COC(=O)c1ccc(NCCNC(=O)OC(C)(C)C)c(N2C(N)=NC(N)=NC23CCCCC3)c1. The smallest absolute Gasteiger partial charge is 0.407 e. The van der Waals surface area contributed by atoms with E-state index in [1.165, 1.54) is 7.11 Å². The average Bonchev–Trinajstić information content (AvgIpc) is 2.75. The lowest BCUT2D eigenvalue weighted by atomic mass is 9.87. The monoisotopic (exact) mass is 473 g/mol. The molecule has 1 saturated carbocycles. The number of alkyl carbamates (subject to hydrolysis) is 1. The Balaban J connectivity index is 1.88. The van der Waals surface area contributed by atoms with Gasteiger partial charge in [-0.3, -0.25) is 4.90 Å². The minimum absolute atomic E-state index is 0.149. The van der Waals surface area contributed by atoms with Crippen molar-refractivity contribution in [3.63, 3.8) is 0 Å². The summed E-state index contributed by atoms with van der Waals surface area (Å²) in [6.45, 7) is 6.16. The van der Waals surface area contributed by atoms with E-state index in [0.717, 1.165) is 32.1 Å². The largest absolute Gasteiger partial charge is 0.465 e. The Hall–Kier alpha value is -3.50. The van der Waals surface area contributed by atoms with Crippen molar-refractivity contribution in [3.05, 3.63) is 23.8 Å². The summed E-state index contributed by atoms with van der Waals surface area (Å²) in [5.74, 6) is -0.102. The molecule has 3 rings (SSSR count). The predicted octanol–water partition coefficient (Wildman–Crippen LogP) is 2.52. The highest BCUT2D eigenvalue weighted by Crippen LogP contribution is 2.42. The van der Waals surface area contributed by atoms with Gasteiger partial charge in [0.15, 0.2) is 0 Å². The summed E-state index contributed by atoms with van der Waals surface area (Å²) in [4.78, 5) is 35.0. The Morgan fingerprint density at radius 2 is 1.85 bits per heavy atom. The summed E-state index contributed by atoms with van der Waals surface area (Å²) < 4.78 is 10.2. The molecule has 34 heavy (non-hydrogen) atoms. The van der Waals surface area contributed by atoms with Crippen LogP contribution in [0.3, 0.4) is 0 Å². The molecule has 0 aromatic heterocycles. The topological polar surface area (TPSA) is 157 Å². The van der Waals surface area contributed by atoms with Crippen molar-refractivity contribution in [1.29, 1.82) is 0 Å². The third-order valence-corrected chi connectivity index (χ3v) is 5.62. The van der Waals surface area contributed by atoms with Gasteiger partial charge in [-0.2, -0.15) is 4.99 Å². The zero-order valence-electron chi connectivity index (χ0n) is 20.3. The van der Waals surface area contributed by atoms with E-state index < -0.39 is 23.3 Å². The number of nitrogens with one attached hydrogen (secondary N) is 2. The fourth-order valence-corrected chi connectivity index (χ4v) is 4.26. The van der Waals surface area contributed by atoms with Crippen LogP contribution >= 0.6 is 0 Å². The van der Waals surface area contributed by atoms with E-state index in [9.17, 15) is 9.59 Å². The number of carbonyl (C=O) groups excluding carboxylic acids is 2. The van der Waals surface area contributed by atoms with Crippen molar-refractivity contribution in [2.75, 3.05) is 30.4 Å². The van der Waals surface area contributed by atoms with Gasteiger partial charge >= 0.3 is 12.1 Å². The number of carbonyl (C=O) groups is 2. The number of nitrogens with zero attached hydrogens (tertiary/aromatic N) is 3. The number of hydrogen-bond donors (Lipinski definition) is 4. The van der Waals surface area contributed by atoms with Crippen molar-refractivity contribution in [3.8, 4) is 0 Å². The Kier molecular flexibility index (Phi) is 7.53. The van der Waals surface area contributed by atoms with E-state index in [1.54, 1.807) is 39.0 Å². The van der Waals surface area contributed by atoms with Crippen LogP contribution in [0.15, 0.2) is 28.2 Å². The van der Waals surface area contributed by atoms with Gasteiger partial charge in [0.2, 0.25) is 11.9 Å². The minimum atomic E-state index is -0.673. The molecule has 0 saturated heterocycles. The first-order valence-corrected chi connectivity index (χ1v) is 11.5. The third-order valence-electron chi connectivity index (χ3n) is 5.62. The highest BCUT2D eigenvalue weighted by Gasteiger charge is 2.43. The van der Waals surface area contributed by atoms with Crippen molar-refractivity contribution < 1.29 is 19.1 Å². The predicted molar refractivity (Wildman–Crippen MR) is 132 cm³/mol. The number of ether oxygens (including phenoxy) is 2. The molecule has 1 amide bonds. The van der Waals surface area contributed by atoms with Gasteiger partial charge in [-0.15, -0.1) is 0 Å². The number of nitrogens with two attached hydrogens (primary N) is 2. The van der Waals surface area contributed by atoms with Crippen molar-refractivity contribution >= 4 is 35.4 Å². The zero-order chi connectivity index (χ0) is 24.9. The van der Waals surface area contributed by atoms with Crippen LogP contribution in [0.2, 0.25) is 0 Å². The van der Waals surface area contributed by atoms with Crippen LogP contribution in [0.4, 0.5) is 16.2 Å². The first kappa shape index (κ1) is 25.1. The number of benzene rings is 1. The standard InChI is InChI=1S/C23H35N7O4/c1-22(2,3)34-21(32)27-13-12-26-16-9-8-15(18(31)33-4)14-17(16)30-20(25)28-19(24)29-23(30)10-6-5-7-11-23/h8-9,14,26H,5-7,10-13H2,1-4H3,(H,27,32)(H4,24,25,28,29). The number of anilines is 2. The van der Waals surface area contributed by atoms with E-state index in [2.05, 4.69) is 15.6 Å². The number of amides is 1. The molecule has 0 atom stereocenters. The molecule has 0 radical (unpaired) electrons. The lowest BCUT2D eigenvalue weighted by Gasteiger charge is -2.46. The number of methoxy groups -OCH3 is 1. The van der Waals surface area contributed by atoms with Gasteiger partial charge in [0.25, 0.3) is 0 Å². The number of esters is 1. The second-order valence-electron chi connectivity index (χ2n) is 9.40. The molecule has 11 nitrogen and oxygen atoms in total. The Morgan fingerprint density at radius 3 is 2.50 bits per heavy atom. The number of hydrogen-bond acceptors (Lipinski definition) is 10. The van der Waals surface area contributed by atoms with Crippen LogP contribution in [0.5, 0.6) is 0 Å². The van der Waals surface area contributed by atoms with Gasteiger partial charge < -0.3 is 31.6 Å². The average molecular weight is 474 g/mol. The molecule has 1 aromatic rings. The van der Waals surface area contributed by atoms with Crippen molar-refractivity contribution in [2.45, 2.75) is 64.1 Å². The summed E-state index contributed by atoms with van der Waals surface area (Å²) in [6.07, 6.45) is 4.07. The summed E-state index contributed by atoms with van der Waals surface area (Å²) >= 11 is 0. The van der Waals surface area contributed by atoms with Gasteiger partial charge in [0.05, 0.1) is 24.0 Å². The van der Waals surface area contributed by atoms with Crippen LogP contribution < -0.4 is 27.0 Å². The van der Waals surface area contributed by atoms with Crippen molar-refractivity contribution in [2.24, 2.45) is 21.5 Å².